The molecule has 0 spiro atoms. The first-order chi connectivity index (χ1) is 30.4. The van der Waals surface area contributed by atoms with Gasteiger partial charge in [0.25, 0.3) is 11.3 Å². The summed E-state index contributed by atoms with van der Waals surface area (Å²) in [7, 11) is 0. The molecule has 3 aliphatic rings. The summed E-state index contributed by atoms with van der Waals surface area (Å²) in [4.78, 5) is 118. The molecule has 8 bridgehead atoms. The number of hydrogen-bond donors (Lipinski definition) is 11. The molecule has 0 saturated heterocycles. The summed E-state index contributed by atoms with van der Waals surface area (Å²) in [6.45, 7) is 0. The van der Waals surface area contributed by atoms with Gasteiger partial charge in [-0.1, -0.05) is 60.7 Å². The van der Waals surface area contributed by atoms with Crippen LogP contribution in [0.3, 0.4) is 0 Å². The summed E-state index contributed by atoms with van der Waals surface area (Å²) >= 11 is 0. The Morgan fingerprint density at radius 1 is 0.578 bits per heavy atom. The quantitative estimate of drug-likeness (QED) is 0.111. The predicted octanol–water partition coefficient (Wildman–Crippen LogP) is 4.77. The topological polar surface area (TPSA) is 374 Å². The van der Waals surface area contributed by atoms with Crippen LogP contribution in [0.1, 0.15) is 53.3 Å². The van der Waals surface area contributed by atoms with Crippen LogP contribution in [0.5, 0.6) is 0 Å². The van der Waals surface area contributed by atoms with Gasteiger partial charge >= 0.3 is 48.1 Å². The van der Waals surface area contributed by atoms with E-state index in [4.69, 9.17) is 0 Å². The molecular weight excluding hydrogens is 848 g/mol. The average molecular weight is 873 g/mol. The lowest BCUT2D eigenvalue weighted by Crippen LogP contribution is -2.64. The van der Waals surface area contributed by atoms with Gasteiger partial charge in [-0.05, 0) is 18.2 Å². The Hall–Kier alpha value is -9.74. The maximum absolute atomic E-state index is 14.1. The number of amides is 2. The van der Waals surface area contributed by atoms with Crippen molar-refractivity contribution in [3.8, 4) is 0 Å². The third-order valence-corrected chi connectivity index (χ3v) is 11.0. The molecule has 5 heterocycles. The molecule has 2 atom stereocenters. The number of carboxylic acid groups (broad SMARTS) is 8. The van der Waals surface area contributed by atoms with Crippen molar-refractivity contribution < 1.29 is 79.2 Å². The fourth-order valence-corrected chi connectivity index (χ4v) is 8.56. The number of anilines is 3. The molecule has 0 saturated carbocycles. The van der Waals surface area contributed by atoms with Gasteiger partial charge < -0.3 is 56.5 Å². The highest BCUT2D eigenvalue weighted by Crippen LogP contribution is 2.50. The monoisotopic (exact) mass is 872 g/mol. The van der Waals surface area contributed by atoms with Crippen LogP contribution < -0.4 is 15.5 Å². The lowest BCUT2D eigenvalue weighted by Gasteiger charge is -2.40. The average Bonchev–Trinajstić information content (AvgIpc) is 3.94. The van der Waals surface area contributed by atoms with Crippen molar-refractivity contribution in [2.24, 2.45) is 9.98 Å². The number of fused-ring (bicyclic) bond motifs is 19. The third-order valence-electron chi connectivity index (χ3n) is 11.0. The molecule has 9 rings (SSSR count). The molecule has 24 heteroatoms. The van der Waals surface area contributed by atoms with Gasteiger partial charge in [-0.3, -0.25) is 0 Å². The molecule has 11 N–H and O–H groups in total. The number of aromatic carboxylic acids is 3. The summed E-state index contributed by atoms with van der Waals surface area (Å²) in [5.74, 6) is -13.6. The minimum atomic E-state index is -3.42. The first-order valence-electron chi connectivity index (χ1n) is 18.1. The Labute approximate surface area is 352 Å². The van der Waals surface area contributed by atoms with E-state index >= 15 is 0 Å². The van der Waals surface area contributed by atoms with Crippen molar-refractivity contribution in [2.45, 2.75) is 11.3 Å². The number of aliphatic carboxylic acids is 2. The summed E-state index contributed by atoms with van der Waals surface area (Å²) in [5, 5.41) is 90.4. The van der Waals surface area contributed by atoms with Crippen LogP contribution in [0.15, 0.2) is 88.8 Å². The molecule has 4 aromatic carbocycles. The molecule has 64 heavy (non-hydrogen) atoms. The maximum atomic E-state index is 14.1. The molecule has 2 unspecified atom stereocenters. The van der Waals surface area contributed by atoms with E-state index in [1.165, 1.54) is 48.5 Å². The zero-order valence-corrected chi connectivity index (χ0v) is 31.6. The lowest BCUT2D eigenvalue weighted by molar-refractivity contribution is -0.148. The number of amidine groups is 2. The van der Waals surface area contributed by atoms with Gasteiger partial charge in [-0.2, -0.15) is 0 Å². The van der Waals surface area contributed by atoms with E-state index in [0.717, 1.165) is 24.3 Å². The normalized spacial score (nSPS) is 18.2. The molecule has 24 nitrogen and oxygen atoms in total. The smallest absolute Gasteiger partial charge is 0.418 e. The molecule has 0 aliphatic carbocycles. The number of carboxylic acids is 5. The predicted molar refractivity (Wildman–Crippen MR) is 216 cm³/mol. The summed E-state index contributed by atoms with van der Waals surface area (Å²) < 4.78 is 0.279. The summed E-state index contributed by atoms with van der Waals surface area (Å²) in [6, 6.07) is 15.1. The Kier molecular flexibility index (Phi) is 8.30. The van der Waals surface area contributed by atoms with Gasteiger partial charge in [0.05, 0.1) is 16.7 Å². The Morgan fingerprint density at radius 3 is 1.77 bits per heavy atom. The molecule has 2 amide bonds. The molecule has 0 fully saturated rings. The van der Waals surface area contributed by atoms with Gasteiger partial charge in [0.15, 0.2) is 11.7 Å². The van der Waals surface area contributed by atoms with Crippen molar-refractivity contribution in [2.75, 3.05) is 15.5 Å². The van der Waals surface area contributed by atoms with Crippen LogP contribution in [0.2, 0.25) is 0 Å². The molecule has 3 aliphatic heterocycles. The number of H-pyrrole nitrogens is 1. The van der Waals surface area contributed by atoms with Crippen molar-refractivity contribution in [3.05, 3.63) is 118 Å². The van der Waals surface area contributed by atoms with Crippen LogP contribution in [-0.2, 0) is 20.9 Å². The van der Waals surface area contributed by atoms with Gasteiger partial charge in [0, 0.05) is 43.8 Å². The number of benzene rings is 4. The highest BCUT2D eigenvalue weighted by Gasteiger charge is 2.64. The number of nitrogens with zero attached hydrogens (tertiary/aromatic N) is 5. The number of aromatic amines is 1. The number of nitrogens with one attached hydrogen (secondary N) is 3. The Morgan fingerprint density at radius 2 is 1.17 bits per heavy atom. The maximum Gasteiger partial charge on any atom is 0.418 e. The number of hydrogen-bond acceptors (Lipinski definition) is 12. The van der Waals surface area contributed by atoms with E-state index in [1.807, 2.05) is 0 Å². The molecule has 320 valence electrons. The number of carbonyl (C=O) groups is 8. The van der Waals surface area contributed by atoms with Crippen LogP contribution in [0.4, 0.5) is 37.7 Å². The first kappa shape index (κ1) is 39.7. The number of aliphatic imine (C=N–C) groups is 2. The van der Waals surface area contributed by atoms with Crippen LogP contribution in [-0.4, -0.2) is 115 Å². The second-order valence-electron chi connectivity index (χ2n) is 14.2. The number of aromatic nitrogens is 2. The zero-order chi connectivity index (χ0) is 45.9. The van der Waals surface area contributed by atoms with E-state index < -0.39 is 133 Å². The minimum absolute atomic E-state index is 0.0338. The standard InChI is InChI=1S/C40H24N8O16/c49-31(50)18-10-5-9-17-24(18)39(34(55)56)44-25-14-6-1-2-7-15(14)29(42-25)47(37(61)62)40(35(57)58)23-11-4-3-8-16(23)30(48(40)38(63)64)43-28-20-13-22(33(53)54)21(32(51)52)12-19(20)27(41-26(17)45-39)46(28)36(59)60/h1-13,42,44H,(H,41,45)(H,49,50)(H,51,52)(H,53,54)(H,55,56)(H,57,58)(H,59,60)(H,61,62)(H,63,64). The van der Waals surface area contributed by atoms with Gasteiger partial charge in [0.1, 0.15) is 23.3 Å². The van der Waals surface area contributed by atoms with Crippen molar-refractivity contribution in [3.63, 3.8) is 0 Å². The first-order valence-corrected chi connectivity index (χ1v) is 18.1. The fraction of sp³-hybridized carbons (Fsp3) is 0.0500. The van der Waals surface area contributed by atoms with E-state index in [9.17, 15) is 79.2 Å². The van der Waals surface area contributed by atoms with Crippen molar-refractivity contribution in [1.82, 2.24) is 14.5 Å². The van der Waals surface area contributed by atoms with Gasteiger partial charge in [-0.25, -0.2) is 62.7 Å². The fourth-order valence-electron chi connectivity index (χ4n) is 8.56. The summed E-state index contributed by atoms with van der Waals surface area (Å²) in [6.07, 6.45) is -6.26. The molecule has 2 aromatic heterocycles. The minimum Gasteiger partial charge on any atom is -0.478 e. The second-order valence-corrected chi connectivity index (χ2v) is 14.2. The second kappa shape index (κ2) is 13.4. The lowest BCUT2D eigenvalue weighted by atomic mass is 9.91. The van der Waals surface area contributed by atoms with Gasteiger partial charge in [-0.15, -0.1) is 0 Å². The highest BCUT2D eigenvalue weighted by molar-refractivity contribution is 6.24. The zero-order valence-electron chi connectivity index (χ0n) is 31.6. The molecule has 6 aromatic rings. The Bertz CT molecular complexity index is 3310. The Balaban J connectivity index is 1.54. The van der Waals surface area contributed by atoms with E-state index in [-0.39, 0.29) is 36.3 Å². The third kappa shape index (κ3) is 5.09. The van der Waals surface area contributed by atoms with E-state index in [2.05, 4.69) is 25.6 Å². The van der Waals surface area contributed by atoms with Crippen molar-refractivity contribution >= 4 is 105 Å². The van der Waals surface area contributed by atoms with Crippen LogP contribution in [0, 0.1) is 0 Å². The number of rotatable bonds is 5. The molecule has 0 radical (unpaired) electrons. The van der Waals surface area contributed by atoms with Crippen LogP contribution >= 0.6 is 0 Å². The van der Waals surface area contributed by atoms with E-state index in [0.29, 0.717) is 6.07 Å². The SMILES string of the molecule is O=C(O)c1cc2c3n(C(=O)O)c(c2cc1C(=O)O)NC1=NC(C(=O)O)(Nc2[nH]c(c4ccccc24)N(C(=O)O)C2(C(=O)O)c4ccccc4C(=N3)N2C(=O)O)c2c(C(=O)O)cccc21. The van der Waals surface area contributed by atoms with Crippen LogP contribution in [0.25, 0.3) is 21.5 Å². The van der Waals surface area contributed by atoms with Gasteiger partial charge in [0.2, 0.25) is 0 Å². The largest absolute Gasteiger partial charge is 0.478 e. The molecular formula is C40H24N8O16. The summed E-state index contributed by atoms with van der Waals surface area (Å²) in [5.41, 5.74) is -10.7. The van der Waals surface area contributed by atoms with Crippen molar-refractivity contribution in [1.29, 1.82) is 0 Å². The van der Waals surface area contributed by atoms with E-state index in [1.54, 1.807) is 0 Å². The highest BCUT2D eigenvalue weighted by atomic mass is 16.4.